The highest BCUT2D eigenvalue weighted by atomic mass is 35.5. The molecule has 0 bridgehead atoms. The van der Waals surface area contributed by atoms with Gasteiger partial charge in [0.25, 0.3) is 0 Å². The van der Waals surface area contributed by atoms with E-state index in [4.69, 9.17) is 16.3 Å². The number of benzene rings is 1. The minimum atomic E-state index is 0.691. The van der Waals surface area contributed by atoms with Crippen LogP contribution < -0.4 is 10.1 Å². The Morgan fingerprint density at radius 2 is 2.10 bits per heavy atom. The predicted octanol–water partition coefficient (Wildman–Crippen LogP) is 4.44. The summed E-state index contributed by atoms with van der Waals surface area (Å²) in [6.45, 7) is 5.45. The summed E-state index contributed by atoms with van der Waals surface area (Å²) in [6.07, 6.45) is 2.85. The lowest BCUT2D eigenvalue weighted by Gasteiger charge is -2.13. The van der Waals surface area contributed by atoms with E-state index in [1.165, 1.54) is 0 Å². The molecule has 2 rings (SSSR count). The minimum Gasteiger partial charge on any atom is -0.491 e. The summed E-state index contributed by atoms with van der Waals surface area (Å²) < 4.78 is 5.71. The van der Waals surface area contributed by atoms with Crippen LogP contribution in [0.1, 0.15) is 24.6 Å². The maximum Gasteiger partial charge on any atom is 0.142 e. The molecular weight excluding hydrogens is 272 g/mol. The van der Waals surface area contributed by atoms with Gasteiger partial charge in [0.15, 0.2) is 0 Å². The van der Waals surface area contributed by atoms with Crippen molar-refractivity contribution in [2.75, 3.05) is 11.9 Å². The molecule has 0 aliphatic rings. The van der Waals surface area contributed by atoms with Gasteiger partial charge in [-0.3, -0.25) is 4.98 Å². The number of aryl methyl sites for hydroxylation is 1. The van der Waals surface area contributed by atoms with Crippen LogP contribution in [-0.2, 0) is 6.54 Å². The first-order valence-electron chi connectivity index (χ1n) is 6.77. The summed E-state index contributed by atoms with van der Waals surface area (Å²) >= 11 is 6.05. The van der Waals surface area contributed by atoms with Gasteiger partial charge < -0.3 is 10.1 Å². The van der Waals surface area contributed by atoms with Gasteiger partial charge in [-0.1, -0.05) is 24.6 Å². The van der Waals surface area contributed by atoms with Gasteiger partial charge in [-0.05, 0) is 43.2 Å². The molecule has 20 heavy (non-hydrogen) atoms. The second-order valence-electron chi connectivity index (χ2n) is 4.65. The third kappa shape index (κ3) is 4.14. The molecule has 1 heterocycles. The number of aromatic nitrogens is 1. The Morgan fingerprint density at radius 3 is 2.80 bits per heavy atom. The molecule has 1 aromatic carbocycles. The van der Waals surface area contributed by atoms with Crippen LogP contribution in [0.4, 0.5) is 5.69 Å². The number of nitrogens with zero attached hydrogens (tertiary/aromatic N) is 1. The van der Waals surface area contributed by atoms with E-state index in [0.29, 0.717) is 18.2 Å². The molecule has 0 saturated carbocycles. The van der Waals surface area contributed by atoms with Crippen molar-refractivity contribution in [1.82, 2.24) is 4.98 Å². The van der Waals surface area contributed by atoms with Crippen molar-refractivity contribution >= 4 is 17.3 Å². The molecule has 106 valence electrons. The van der Waals surface area contributed by atoms with Gasteiger partial charge in [0, 0.05) is 23.5 Å². The molecule has 2 aromatic rings. The summed E-state index contributed by atoms with van der Waals surface area (Å²) in [6, 6.07) is 9.68. The highest BCUT2D eigenvalue weighted by Crippen LogP contribution is 2.28. The van der Waals surface area contributed by atoms with Crippen molar-refractivity contribution in [1.29, 1.82) is 0 Å². The molecule has 0 spiro atoms. The number of ether oxygens (including phenoxy) is 1. The van der Waals surface area contributed by atoms with Gasteiger partial charge in [-0.15, -0.1) is 0 Å². The van der Waals surface area contributed by atoms with Crippen LogP contribution in [0.5, 0.6) is 5.75 Å². The fourth-order valence-corrected chi connectivity index (χ4v) is 1.95. The van der Waals surface area contributed by atoms with Crippen molar-refractivity contribution in [3.8, 4) is 5.75 Å². The number of halogens is 1. The molecule has 0 aliphatic heterocycles. The molecule has 1 aromatic heterocycles. The lowest BCUT2D eigenvalue weighted by atomic mass is 10.2. The highest BCUT2D eigenvalue weighted by Gasteiger charge is 2.04. The molecule has 4 heteroatoms. The third-order valence-electron chi connectivity index (χ3n) is 2.86. The Bertz CT molecular complexity index is 555. The van der Waals surface area contributed by atoms with Crippen LogP contribution in [-0.4, -0.2) is 11.6 Å². The topological polar surface area (TPSA) is 34.1 Å². The standard InChI is InChI=1S/C16H19ClN2O/c1-3-8-20-16-7-6-14(17)9-15(16)19-11-13-5-4-12(2)18-10-13/h4-7,9-10,19H,3,8,11H2,1-2H3. The molecule has 0 saturated heterocycles. The van der Waals surface area contributed by atoms with E-state index < -0.39 is 0 Å². The highest BCUT2D eigenvalue weighted by molar-refractivity contribution is 6.30. The van der Waals surface area contributed by atoms with Crippen molar-refractivity contribution < 1.29 is 4.74 Å². The Hall–Kier alpha value is -1.74. The van der Waals surface area contributed by atoms with Gasteiger partial charge in [-0.25, -0.2) is 0 Å². The van der Waals surface area contributed by atoms with E-state index in [1.54, 1.807) is 0 Å². The maximum absolute atomic E-state index is 6.05. The SMILES string of the molecule is CCCOc1ccc(Cl)cc1NCc1ccc(C)nc1. The largest absolute Gasteiger partial charge is 0.491 e. The summed E-state index contributed by atoms with van der Waals surface area (Å²) in [5, 5.41) is 4.04. The molecule has 0 radical (unpaired) electrons. The third-order valence-corrected chi connectivity index (χ3v) is 3.09. The molecule has 1 N–H and O–H groups in total. The van der Waals surface area contributed by atoms with Gasteiger partial charge in [0.05, 0.1) is 12.3 Å². The number of nitrogens with one attached hydrogen (secondary N) is 1. The quantitative estimate of drug-likeness (QED) is 0.854. The molecule has 0 aliphatic carbocycles. The number of hydrogen-bond donors (Lipinski definition) is 1. The van der Waals surface area contributed by atoms with E-state index in [9.17, 15) is 0 Å². The zero-order valence-corrected chi connectivity index (χ0v) is 12.6. The number of hydrogen-bond acceptors (Lipinski definition) is 3. The van der Waals surface area contributed by atoms with E-state index in [2.05, 4.69) is 23.3 Å². The number of rotatable bonds is 6. The predicted molar refractivity (Wildman–Crippen MR) is 83.5 cm³/mol. The van der Waals surface area contributed by atoms with E-state index in [-0.39, 0.29) is 0 Å². The number of anilines is 1. The Labute approximate surface area is 124 Å². The molecule has 0 unspecified atom stereocenters. The Kier molecular flexibility index (Phi) is 5.24. The Balaban J connectivity index is 2.07. The van der Waals surface area contributed by atoms with Crippen LogP contribution in [0, 0.1) is 6.92 Å². The fraction of sp³-hybridized carbons (Fsp3) is 0.312. The molecular formula is C16H19ClN2O. The fourth-order valence-electron chi connectivity index (χ4n) is 1.78. The van der Waals surface area contributed by atoms with Gasteiger partial charge in [0.2, 0.25) is 0 Å². The summed E-state index contributed by atoms with van der Waals surface area (Å²) in [5.41, 5.74) is 3.05. The first-order chi connectivity index (χ1) is 9.69. The van der Waals surface area contributed by atoms with Crippen LogP contribution >= 0.6 is 11.6 Å². The lowest BCUT2D eigenvalue weighted by Crippen LogP contribution is -2.04. The van der Waals surface area contributed by atoms with Crippen molar-refractivity contribution in [3.05, 3.63) is 52.8 Å². The van der Waals surface area contributed by atoms with Crippen molar-refractivity contribution in [3.63, 3.8) is 0 Å². The lowest BCUT2D eigenvalue weighted by molar-refractivity contribution is 0.319. The van der Waals surface area contributed by atoms with E-state index >= 15 is 0 Å². The zero-order chi connectivity index (χ0) is 14.4. The van der Waals surface area contributed by atoms with Crippen molar-refractivity contribution in [2.24, 2.45) is 0 Å². The van der Waals surface area contributed by atoms with Crippen LogP contribution in [0.2, 0.25) is 5.02 Å². The van der Waals surface area contributed by atoms with E-state index in [1.807, 2.05) is 37.4 Å². The second kappa shape index (κ2) is 7.15. The van der Waals surface area contributed by atoms with Crippen LogP contribution in [0.25, 0.3) is 0 Å². The maximum atomic E-state index is 6.05. The molecule has 3 nitrogen and oxygen atoms in total. The molecule has 0 fully saturated rings. The second-order valence-corrected chi connectivity index (χ2v) is 5.09. The summed E-state index contributed by atoms with van der Waals surface area (Å²) in [7, 11) is 0. The normalized spacial score (nSPS) is 10.3. The molecule has 0 amide bonds. The monoisotopic (exact) mass is 290 g/mol. The minimum absolute atomic E-state index is 0.691. The zero-order valence-electron chi connectivity index (χ0n) is 11.8. The van der Waals surface area contributed by atoms with Crippen molar-refractivity contribution in [2.45, 2.75) is 26.8 Å². The van der Waals surface area contributed by atoms with Crippen LogP contribution in [0.3, 0.4) is 0 Å². The van der Waals surface area contributed by atoms with Gasteiger partial charge in [0.1, 0.15) is 5.75 Å². The van der Waals surface area contributed by atoms with E-state index in [0.717, 1.165) is 29.1 Å². The Morgan fingerprint density at radius 1 is 1.25 bits per heavy atom. The van der Waals surface area contributed by atoms with Gasteiger partial charge in [-0.2, -0.15) is 0 Å². The van der Waals surface area contributed by atoms with Gasteiger partial charge >= 0.3 is 0 Å². The summed E-state index contributed by atoms with van der Waals surface area (Å²) in [4.78, 5) is 4.28. The average Bonchev–Trinajstić information content (AvgIpc) is 2.46. The van der Waals surface area contributed by atoms with Crippen LogP contribution in [0.15, 0.2) is 36.5 Å². The average molecular weight is 291 g/mol. The smallest absolute Gasteiger partial charge is 0.142 e. The number of pyridine rings is 1. The summed E-state index contributed by atoms with van der Waals surface area (Å²) in [5.74, 6) is 0.830. The first kappa shape index (κ1) is 14.7. The first-order valence-corrected chi connectivity index (χ1v) is 7.14. The molecule has 0 atom stereocenters.